The Hall–Kier alpha value is -3.35. The third-order valence-corrected chi connectivity index (χ3v) is 6.58. The van der Waals surface area contributed by atoms with Crippen LogP contribution in [0.25, 0.3) is 10.9 Å². The third kappa shape index (κ3) is 4.72. The lowest BCUT2D eigenvalue weighted by molar-refractivity contribution is -0.125. The average molecular weight is 449 g/mol. The number of aryl methyl sites for hydroxylation is 3. The summed E-state index contributed by atoms with van der Waals surface area (Å²) in [4.78, 5) is 24.6. The van der Waals surface area contributed by atoms with Crippen molar-refractivity contribution in [3.05, 3.63) is 52.7 Å². The highest BCUT2D eigenvalue weighted by Gasteiger charge is 2.26. The normalized spacial score (nSPS) is 14.4. The number of ether oxygens (including phenoxy) is 2. The van der Waals surface area contributed by atoms with E-state index in [2.05, 4.69) is 36.2 Å². The van der Waals surface area contributed by atoms with Gasteiger partial charge in [-0.25, -0.2) is 9.97 Å². The van der Waals surface area contributed by atoms with Gasteiger partial charge in [0.2, 0.25) is 11.9 Å². The molecule has 3 aromatic rings. The summed E-state index contributed by atoms with van der Waals surface area (Å²) in [5.41, 5.74) is 5.35. The number of anilines is 1. The standard InChI is InChI=1S/C26H32N4O3/c1-16-13-21-18(3)28-26(29-22(21)14-17(16)2)30-11-9-19(10-12-30)25(31)27-15-20-7-6-8-23(32-4)24(20)33-5/h6-8,13-14,19H,9-12,15H2,1-5H3,(H,27,31). The van der Waals surface area contributed by atoms with Gasteiger partial charge in [-0.1, -0.05) is 12.1 Å². The zero-order valence-corrected chi connectivity index (χ0v) is 20.1. The zero-order chi connectivity index (χ0) is 23.5. The van der Waals surface area contributed by atoms with Crippen molar-refractivity contribution in [2.45, 2.75) is 40.2 Å². The van der Waals surface area contributed by atoms with E-state index in [1.165, 1.54) is 11.1 Å². The number of nitrogens with one attached hydrogen (secondary N) is 1. The van der Waals surface area contributed by atoms with Gasteiger partial charge >= 0.3 is 0 Å². The number of nitrogens with zero attached hydrogens (tertiary/aromatic N) is 3. The van der Waals surface area contributed by atoms with E-state index in [0.29, 0.717) is 18.0 Å². The minimum Gasteiger partial charge on any atom is -0.493 e. The molecule has 1 aliphatic heterocycles. The lowest BCUT2D eigenvalue weighted by atomic mass is 9.96. The van der Waals surface area contributed by atoms with E-state index >= 15 is 0 Å². The minimum atomic E-state index is -0.0238. The molecule has 1 amide bonds. The highest BCUT2D eigenvalue weighted by atomic mass is 16.5. The first kappa shape index (κ1) is 22.8. The molecule has 1 fully saturated rings. The van der Waals surface area contributed by atoms with E-state index in [9.17, 15) is 4.79 Å². The Morgan fingerprint density at radius 1 is 1.06 bits per heavy atom. The summed E-state index contributed by atoms with van der Waals surface area (Å²) in [6, 6.07) is 9.98. The van der Waals surface area contributed by atoms with E-state index in [4.69, 9.17) is 19.4 Å². The van der Waals surface area contributed by atoms with Crippen LogP contribution in [0.4, 0.5) is 5.95 Å². The molecular weight excluding hydrogens is 416 g/mol. The number of piperidine rings is 1. The van der Waals surface area contributed by atoms with Crippen LogP contribution < -0.4 is 19.7 Å². The highest BCUT2D eigenvalue weighted by molar-refractivity contribution is 5.83. The van der Waals surface area contributed by atoms with Crippen molar-refractivity contribution in [3.63, 3.8) is 0 Å². The van der Waals surface area contributed by atoms with Crippen molar-refractivity contribution in [1.29, 1.82) is 0 Å². The number of para-hydroxylation sites is 1. The molecule has 1 aromatic heterocycles. The predicted molar refractivity (Wildman–Crippen MR) is 130 cm³/mol. The van der Waals surface area contributed by atoms with Gasteiger partial charge in [0.1, 0.15) is 0 Å². The fraction of sp³-hybridized carbons (Fsp3) is 0.423. The molecule has 0 atom stereocenters. The van der Waals surface area contributed by atoms with Crippen LogP contribution in [0.2, 0.25) is 0 Å². The van der Waals surface area contributed by atoms with E-state index in [0.717, 1.165) is 54.0 Å². The van der Waals surface area contributed by atoms with Crippen molar-refractivity contribution >= 4 is 22.8 Å². The molecule has 0 aliphatic carbocycles. The predicted octanol–water partition coefficient (Wildman–Crippen LogP) is 4.11. The van der Waals surface area contributed by atoms with Crippen LogP contribution in [0.5, 0.6) is 11.5 Å². The molecule has 174 valence electrons. The molecule has 0 saturated carbocycles. The van der Waals surface area contributed by atoms with Gasteiger partial charge in [0, 0.05) is 36.5 Å². The van der Waals surface area contributed by atoms with Crippen LogP contribution in [0.15, 0.2) is 30.3 Å². The Balaban J connectivity index is 1.39. The Morgan fingerprint density at radius 3 is 2.48 bits per heavy atom. The van der Waals surface area contributed by atoms with Crippen molar-refractivity contribution in [2.75, 3.05) is 32.2 Å². The number of fused-ring (bicyclic) bond motifs is 1. The smallest absolute Gasteiger partial charge is 0.226 e. The number of amides is 1. The molecule has 0 bridgehead atoms. The monoisotopic (exact) mass is 448 g/mol. The molecule has 7 heteroatoms. The van der Waals surface area contributed by atoms with Gasteiger partial charge in [-0.05, 0) is 62.9 Å². The lowest BCUT2D eigenvalue weighted by Crippen LogP contribution is -2.41. The summed E-state index contributed by atoms with van der Waals surface area (Å²) in [7, 11) is 3.22. The number of carbonyl (C=O) groups excluding carboxylic acids is 1. The summed E-state index contributed by atoms with van der Waals surface area (Å²) in [5, 5.41) is 4.17. The zero-order valence-electron chi connectivity index (χ0n) is 20.1. The molecule has 1 N–H and O–H groups in total. The number of hydrogen-bond donors (Lipinski definition) is 1. The largest absolute Gasteiger partial charge is 0.493 e. The Bertz CT molecular complexity index is 1170. The summed E-state index contributed by atoms with van der Waals surface area (Å²) in [5.74, 6) is 2.12. The molecule has 1 aliphatic rings. The molecule has 2 heterocycles. The second-order valence-corrected chi connectivity index (χ2v) is 8.69. The molecule has 7 nitrogen and oxygen atoms in total. The average Bonchev–Trinajstić information content (AvgIpc) is 2.83. The molecule has 4 rings (SSSR count). The lowest BCUT2D eigenvalue weighted by Gasteiger charge is -2.31. The second kappa shape index (κ2) is 9.65. The van der Waals surface area contributed by atoms with Gasteiger partial charge in [-0.2, -0.15) is 0 Å². The SMILES string of the molecule is COc1cccc(CNC(=O)C2CCN(c3nc(C)c4cc(C)c(C)cc4n3)CC2)c1OC. The molecule has 33 heavy (non-hydrogen) atoms. The number of benzene rings is 2. The number of hydrogen-bond acceptors (Lipinski definition) is 6. The Morgan fingerprint density at radius 2 is 1.79 bits per heavy atom. The van der Waals surface area contributed by atoms with Crippen LogP contribution >= 0.6 is 0 Å². The van der Waals surface area contributed by atoms with E-state index < -0.39 is 0 Å². The molecule has 1 saturated heterocycles. The minimum absolute atomic E-state index is 0.0238. The first-order valence-electron chi connectivity index (χ1n) is 11.4. The number of aromatic nitrogens is 2. The summed E-state index contributed by atoms with van der Waals surface area (Å²) >= 11 is 0. The van der Waals surface area contributed by atoms with Crippen LogP contribution in [0.3, 0.4) is 0 Å². The van der Waals surface area contributed by atoms with Gasteiger partial charge in [0.15, 0.2) is 11.5 Å². The van der Waals surface area contributed by atoms with Gasteiger partial charge in [0.25, 0.3) is 0 Å². The van der Waals surface area contributed by atoms with E-state index in [-0.39, 0.29) is 11.8 Å². The maximum atomic E-state index is 12.8. The Labute approximate surface area is 195 Å². The van der Waals surface area contributed by atoms with Crippen LogP contribution in [-0.4, -0.2) is 43.2 Å². The fourth-order valence-electron chi connectivity index (χ4n) is 4.43. The van der Waals surface area contributed by atoms with Crippen LogP contribution in [0.1, 0.15) is 35.2 Å². The molecule has 2 aromatic carbocycles. The van der Waals surface area contributed by atoms with Gasteiger partial charge in [-0.15, -0.1) is 0 Å². The first-order valence-corrected chi connectivity index (χ1v) is 11.4. The van der Waals surface area contributed by atoms with Gasteiger partial charge < -0.3 is 19.7 Å². The van der Waals surface area contributed by atoms with E-state index in [1.807, 2.05) is 25.1 Å². The molecule has 0 unspecified atom stereocenters. The van der Waals surface area contributed by atoms with E-state index in [1.54, 1.807) is 14.2 Å². The number of carbonyl (C=O) groups is 1. The highest BCUT2D eigenvalue weighted by Crippen LogP contribution is 2.31. The summed E-state index contributed by atoms with van der Waals surface area (Å²) in [6.07, 6.45) is 1.54. The molecule has 0 radical (unpaired) electrons. The van der Waals surface area contributed by atoms with Crippen molar-refractivity contribution in [1.82, 2.24) is 15.3 Å². The quantitative estimate of drug-likeness (QED) is 0.612. The second-order valence-electron chi connectivity index (χ2n) is 8.69. The van der Waals surface area contributed by atoms with Crippen LogP contribution in [0, 0.1) is 26.7 Å². The Kier molecular flexibility index (Phi) is 6.67. The summed E-state index contributed by atoms with van der Waals surface area (Å²) < 4.78 is 10.8. The third-order valence-electron chi connectivity index (χ3n) is 6.58. The van der Waals surface area contributed by atoms with Gasteiger partial charge in [-0.3, -0.25) is 4.79 Å². The van der Waals surface area contributed by atoms with Crippen LogP contribution in [-0.2, 0) is 11.3 Å². The van der Waals surface area contributed by atoms with Crippen molar-refractivity contribution in [3.8, 4) is 11.5 Å². The number of rotatable bonds is 6. The maximum absolute atomic E-state index is 12.8. The molecular formula is C26H32N4O3. The summed E-state index contributed by atoms with van der Waals surface area (Å²) in [6.45, 7) is 8.19. The maximum Gasteiger partial charge on any atom is 0.226 e. The number of methoxy groups -OCH3 is 2. The fourth-order valence-corrected chi connectivity index (χ4v) is 4.43. The van der Waals surface area contributed by atoms with Crippen molar-refractivity contribution < 1.29 is 14.3 Å². The van der Waals surface area contributed by atoms with Crippen molar-refractivity contribution in [2.24, 2.45) is 5.92 Å². The first-order chi connectivity index (χ1) is 15.9. The molecule has 0 spiro atoms. The topological polar surface area (TPSA) is 76.6 Å². The van der Waals surface area contributed by atoms with Gasteiger partial charge in [0.05, 0.1) is 25.4 Å².